The number of nitrogens with zero attached hydrogens (tertiary/aromatic N) is 1. The summed E-state index contributed by atoms with van der Waals surface area (Å²) in [6, 6.07) is 7.90. The number of ether oxygens (including phenoxy) is 1. The minimum absolute atomic E-state index is 0. The van der Waals surface area contributed by atoms with Crippen LogP contribution in [0.5, 0.6) is 0 Å². The quantitative estimate of drug-likeness (QED) is 0.929. The molecule has 1 aliphatic rings. The highest BCUT2D eigenvalue weighted by atomic mass is 35.5. The smallest absolute Gasteiger partial charge is 0.253 e. The van der Waals surface area contributed by atoms with Gasteiger partial charge in [0.05, 0.1) is 6.61 Å². The maximum absolute atomic E-state index is 12.5. The van der Waals surface area contributed by atoms with Crippen molar-refractivity contribution in [3.05, 3.63) is 35.4 Å². The van der Waals surface area contributed by atoms with Crippen LogP contribution in [0.3, 0.4) is 0 Å². The van der Waals surface area contributed by atoms with Crippen molar-refractivity contribution in [3.8, 4) is 0 Å². The summed E-state index contributed by atoms with van der Waals surface area (Å²) >= 11 is 0. The van der Waals surface area contributed by atoms with E-state index in [-0.39, 0.29) is 24.4 Å². The molecular formula is C16H25ClN2O2. The number of hydrogen-bond acceptors (Lipinski definition) is 3. The van der Waals surface area contributed by atoms with Gasteiger partial charge >= 0.3 is 0 Å². The van der Waals surface area contributed by atoms with Crippen LogP contribution in [0.25, 0.3) is 0 Å². The molecule has 1 aliphatic heterocycles. The largest absolute Gasteiger partial charge is 0.380 e. The van der Waals surface area contributed by atoms with Gasteiger partial charge in [0.25, 0.3) is 5.91 Å². The van der Waals surface area contributed by atoms with Crippen LogP contribution < -0.4 is 5.73 Å². The number of methoxy groups -OCH3 is 1. The monoisotopic (exact) mass is 312 g/mol. The molecule has 0 spiro atoms. The molecule has 1 fully saturated rings. The third kappa shape index (κ3) is 4.70. The molecule has 21 heavy (non-hydrogen) atoms. The van der Waals surface area contributed by atoms with Crippen LogP contribution in [0.2, 0.25) is 0 Å². The molecule has 0 bridgehead atoms. The molecule has 1 aromatic carbocycles. The van der Waals surface area contributed by atoms with Crippen molar-refractivity contribution < 1.29 is 9.53 Å². The first-order valence-corrected chi connectivity index (χ1v) is 7.24. The zero-order valence-corrected chi connectivity index (χ0v) is 13.6. The SMILES string of the molecule is COCc1cccc(C(=O)N2CCC(C(C)N)CC2)c1.Cl. The Kier molecular flexibility index (Phi) is 7.15. The molecule has 118 valence electrons. The fourth-order valence-electron chi connectivity index (χ4n) is 2.77. The molecule has 0 aliphatic carbocycles. The lowest BCUT2D eigenvalue weighted by atomic mass is 9.90. The molecule has 0 aromatic heterocycles. The lowest BCUT2D eigenvalue weighted by Gasteiger charge is -2.33. The minimum Gasteiger partial charge on any atom is -0.380 e. The molecule has 1 unspecified atom stereocenters. The van der Waals surface area contributed by atoms with E-state index in [1.165, 1.54) is 0 Å². The summed E-state index contributed by atoms with van der Waals surface area (Å²) in [6.07, 6.45) is 2.00. The maximum Gasteiger partial charge on any atom is 0.253 e. The molecule has 1 heterocycles. The van der Waals surface area contributed by atoms with Crippen molar-refractivity contribution in [2.24, 2.45) is 11.7 Å². The zero-order valence-electron chi connectivity index (χ0n) is 12.7. The second kappa shape index (κ2) is 8.37. The van der Waals surface area contributed by atoms with E-state index in [0.29, 0.717) is 12.5 Å². The average molecular weight is 313 g/mol. The molecule has 2 rings (SSSR count). The van der Waals surface area contributed by atoms with Crippen LogP contribution >= 0.6 is 12.4 Å². The highest BCUT2D eigenvalue weighted by Gasteiger charge is 2.25. The van der Waals surface area contributed by atoms with E-state index < -0.39 is 0 Å². The summed E-state index contributed by atoms with van der Waals surface area (Å²) < 4.78 is 5.11. The zero-order chi connectivity index (χ0) is 14.5. The van der Waals surface area contributed by atoms with Crippen molar-refractivity contribution in [2.75, 3.05) is 20.2 Å². The van der Waals surface area contributed by atoms with Gasteiger partial charge in [-0.15, -0.1) is 12.4 Å². The van der Waals surface area contributed by atoms with Gasteiger partial charge in [-0.05, 0) is 43.4 Å². The predicted octanol–water partition coefficient (Wildman–Crippen LogP) is 2.45. The number of amides is 1. The number of halogens is 1. The second-order valence-electron chi connectivity index (χ2n) is 5.62. The third-order valence-electron chi connectivity index (χ3n) is 4.06. The number of benzene rings is 1. The van der Waals surface area contributed by atoms with Gasteiger partial charge in [0.2, 0.25) is 0 Å². The van der Waals surface area contributed by atoms with Crippen molar-refractivity contribution >= 4 is 18.3 Å². The fraction of sp³-hybridized carbons (Fsp3) is 0.562. The highest BCUT2D eigenvalue weighted by molar-refractivity contribution is 5.94. The van der Waals surface area contributed by atoms with Gasteiger partial charge in [0.1, 0.15) is 0 Å². The van der Waals surface area contributed by atoms with Gasteiger partial charge in [-0.25, -0.2) is 0 Å². The molecule has 2 N–H and O–H groups in total. The van der Waals surface area contributed by atoms with E-state index in [9.17, 15) is 4.79 Å². The lowest BCUT2D eigenvalue weighted by Crippen LogP contribution is -2.42. The van der Waals surface area contributed by atoms with Crippen molar-refractivity contribution in [1.82, 2.24) is 4.90 Å². The molecule has 5 heteroatoms. The summed E-state index contributed by atoms with van der Waals surface area (Å²) in [5.41, 5.74) is 7.72. The Morgan fingerprint density at radius 2 is 2.10 bits per heavy atom. The number of piperidine rings is 1. The number of nitrogens with two attached hydrogens (primary N) is 1. The van der Waals surface area contributed by atoms with Gasteiger partial charge in [-0.1, -0.05) is 12.1 Å². The highest BCUT2D eigenvalue weighted by Crippen LogP contribution is 2.21. The number of carbonyl (C=O) groups excluding carboxylic acids is 1. The third-order valence-corrected chi connectivity index (χ3v) is 4.06. The van der Waals surface area contributed by atoms with Gasteiger partial charge in [0, 0.05) is 31.8 Å². The first-order chi connectivity index (χ1) is 9.61. The predicted molar refractivity (Wildman–Crippen MR) is 86.7 cm³/mol. The Hall–Kier alpha value is -1.10. The summed E-state index contributed by atoms with van der Waals surface area (Å²) in [6.45, 7) is 4.20. The van der Waals surface area contributed by atoms with Gasteiger partial charge in [-0.3, -0.25) is 4.79 Å². The van der Waals surface area contributed by atoms with Crippen LogP contribution in [0.4, 0.5) is 0 Å². The maximum atomic E-state index is 12.5. The first kappa shape index (κ1) is 18.0. The van der Waals surface area contributed by atoms with E-state index in [4.69, 9.17) is 10.5 Å². The number of rotatable bonds is 4. The van der Waals surface area contributed by atoms with Gasteiger partial charge in [0.15, 0.2) is 0 Å². The van der Waals surface area contributed by atoms with E-state index in [0.717, 1.165) is 37.1 Å². The van der Waals surface area contributed by atoms with Crippen LogP contribution in [0.1, 0.15) is 35.7 Å². The summed E-state index contributed by atoms with van der Waals surface area (Å²) in [5.74, 6) is 0.657. The van der Waals surface area contributed by atoms with Crippen LogP contribution in [-0.4, -0.2) is 37.0 Å². The summed E-state index contributed by atoms with van der Waals surface area (Å²) in [4.78, 5) is 14.4. The van der Waals surface area contributed by atoms with E-state index >= 15 is 0 Å². The molecule has 0 radical (unpaired) electrons. The average Bonchev–Trinajstić information content (AvgIpc) is 2.47. The lowest BCUT2D eigenvalue weighted by molar-refractivity contribution is 0.0680. The van der Waals surface area contributed by atoms with E-state index in [1.54, 1.807) is 7.11 Å². The Balaban J connectivity index is 0.00000220. The van der Waals surface area contributed by atoms with E-state index in [1.807, 2.05) is 29.2 Å². The van der Waals surface area contributed by atoms with Crippen LogP contribution in [-0.2, 0) is 11.3 Å². The molecule has 1 atom stereocenters. The number of likely N-dealkylation sites (tertiary alicyclic amines) is 1. The molecule has 1 saturated heterocycles. The van der Waals surface area contributed by atoms with E-state index in [2.05, 4.69) is 6.92 Å². The molecule has 1 aromatic rings. The van der Waals surface area contributed by atoms with Crippen molar-refractivity contribution in [1.29, 1.82) is 0 Å². The van der Waals surface area contributed by atoms with Crippen molar-refractivity contribution in [2.45, 2.75) is 32.4 Å². The summed E-state index contributed by atoms with van der Waals surface area (Å²) in [5, 5.41) is 0. The second-order valence-corrected chi connectivity index (χ2v) is 5.62. The Bertz CT molecular complexity index is 457. The number of hydrogen-bond donors (Lipinski definition) is 1. The van der Waals surface area contributed by atoms with Gasteiger partial charge in [-0.2, -0.15) is 0 Å². The minimum atomic E-state index is 0. The Morgan fingerprint density at radius 3 is 2.67 bits per heavy atom. The Labute approximate surface area is 133 Å². The number of carbonyl (C=O) groups is 1. The van der Waals surface area contributed by atoms with Crippen LogP contribution in [0.15, 0.2) is 24.3 Å². The van der Waals surface area contributed by atoms with Crippen LogP contribution in [0, 0.1) is 5.92 Å². The standard InChI is InChI=1S/C16H24N2O2.ClH/c1-12(17)14-6-8-18(9-7-14)16(19)15-5-3-4-13(10-15)11-20-2;/h3-5,10,12,14H,6-9,11,17H2,1-2H3;1H. The molecule has 1 amide bonds. The molecule has 4 nitrogen and oxygen atoms in total. The van der Waals surface area contributed by atoms with Gasteiger partial charge < -0.3 is 15.4 Å². The Morgan fingerprint density at radius 1 is 1.43 bits per heavy atom. The molecular weight excluding hydrogens is 288 g/mol. The molecule has 0 saturated carbocycles. The normalized spacial score (nSPS) is 17.2. The summed E-state index contributed by atoms with van der Waals surface area (Å²) in [7, 11) is 1.66. The fourth-order valence-corrected chi connectivity index (χ4v) is 2.77. The topological polar surface area (TPSA) is 55.6 Å². The van der Waals surface area contributed by atoms with Crippen molar-refractivity contribution in [3.63, 3.8) is 0 Å². The first-order valence-electron chi connectivity index (χ1n) is 7.24.